The second-order valence-electron chi connectivity index (χ2n) is 5.40. The number of nitrogens with zero attached hydrogens (tertiary/aromatic N) is 1. The van der Waals surface area contributed by atoms with Crippen LogP contribution in [-0.4, -0.2) is 28.1 Å². The largest absolute Gasteiger partial charge is 0.481 e. The Morgan fingerprint density at radius 3 is 2.74 bits per heavy atom. The Morgan fingerprint density at radius 2 is 2.11 bits per heavy atom. The lowest BCUT2D eigenvalue weighted by molar-refractivity contribution is -0.142. The SMILES string of the molecule is O=C(O)C1CC2CCC1N2Cc1ccc(F)c(F)c1. The molecular weight excluding hydrogens is 252 g/mol. The van der Waals surface area contributed by atoms with Crippen molar-refractivity contribution < 1.29 is 18.7 Å². The van der Waals surface area contributed by atoms with Crippen LogP contribution in [0, 0.1) is 17.6 Å². The zero-order chi connectivity index (χ0) is 13.6. The lowest BCUT2D eigenvalue weighted by atomic mass is 9.89. The van der Waals surface area contributed by atoms with Crippen molar-refractivity contribution in [2.45, 2.75) is 37.9 Å². The van der Waals surface area contributed by atoms with E-state index in [0.717, 1.165) is 18.9 Å². The van der Waals surface area contributed by atoms with E-state index < -0.39 is 17.6 Å². The molecule has 102 valence electrons. The Hall–Kier alpha value is -1.49. The van der Waals surface area contributed by atoms with E-state index in [0.29, 0.717) is 18.5 Å². The van der Waals surface area contributed by atoms with Crippen molar-refractivity contribution in [1.82, 2.24) is 4.90 Å². The predicted molar refractivity (Wildman–Crippen MR) is 64.5 cm³/mol. The first-order chi connectivity index (χ1) is 9.06. The molecule has 5 heteroatoms. The molecule has 2 aliphatic heterocycles. The monoisotopic (exact) mass is 267 g/mol. The van der Waals surface area contributed by atoms with E-state index in [9.17, 15) is 13.6 Å². The summed E-state index contributed by atoms with van der Waals surface area (Å²) in [6.45, 7) is 0.496. The van der Waals surface area contributed by atoms with Gasteiger partial charge >= 0.3 is 5.97 Å². The van der Waals surface area contributed by atoms with Gasteiger partial charge < -0.3 is 5.11 Å². The summed E-state index contributed by atoms with van der Waals surface area (Å²) in [7, 11) is 0. The van der Waals surface area contributed by atoms with Gasteiger partial charge in [0.2, 0.25) is 0 Å². The molecule has 3 unspecified atom stereocenters. The number of hydrogen-bond donors (Lipinski definition) is 1. The lowest BCUT2D eigenvalue weighted by Crippen LogP contribution is -2.32. The average molecular weight is 267 g/mol. The Kier molecular flexibility index (Phi) is 3.01. The number of aliphatic carboxylic acids is 1. The smallest absolute Gasteiger partial charge is 0.308 e. The molecule has 2 saturated heterocycles. The minimum Gasteiger partial charge on any atom is -0.481 e. The number of benzene rings is 1. The molecule has 2 heterocycles. The number of rotatable bonds is 3. The van der Waals surface area contributed by atoms with Gasteiger partial charge in [0.1, 0.15) is 0 Å². The van der Waals surface area contributed by atoms with Crippen molar-refractivity contribution in [2.75, 3.05) is 0 Å². The zero-order valence-corrected chi connectivity index (χ0v) is 10.4. The van der Waals surface area contributed by atoms with E-state index in [-0.39, 0.29) is 18.0 Å². The van der Waals surface area contributed by atoms with Crippen LogP contribution in [0.25, 0.3) is 0 Å². The van der Waals surface area contributed by atoms with Gasteiger partial charge in [0.25, 0.3) is 0 Å². The molecule has 3 rings (SSSR count). The summed E-state index contributed by atoms with van der Waals surface area (Å²) in [4.78, 5) is 13.3. The summed E-state index contributed by atoms with van der Waals surface area (Å²) in [6.07, 6.45) is 2.55. The van der Waals surface area contributed by atoms with E-state index in [4.69, 9.17) is 5.11 Å². The van der Waals surface area contributed by atoms with Crippen molar-refractivity contribution in [3.8, 4) is 0 Å². The molecule has 0 radical (unpaired) electrons. The molecule has 1 aromatic rings. The zero-order valence-electron chi connectivity index (χ0n) is 10.4. The second kappa shape index (κ2) is 4.56. The molecule has 1 N–H and O–H groups in total. The average Bonchev–Trinajstić information content (AvgIpc) is 2.91. The molecule has 3 nitrogen and oxygen atoms in total. The van der Waals surface area contributed by atoms with Gasteiger partial charge in [-0.1, -0.05) is 6.07 Å². The predicted octanol–water partition coefficient (Wildman–Crippen LogP) is 2.40. The van der Waals surface area contributed by atoms with Crippen LogP contribution in [0.4, 0.5) is 8.78 Å². The Balaban J connectivity index is 1.77. The van der Waals surface area contributed by atoms with Gasteiger partial charge in [-0.15, -0.1) is 0 Å². The highest BCUT2D eigenvalue weighted by atomic mass is 19.2. The molecule has 0 amide bonds. The summed E-state index contributed by atoms with van der Waals surface area (Å²) < 4.78 is 26.1. The third-order valence-electron chi connectivity index (χ3n) is 4.35. The highest BCUT2D eigenvalue weighted by Crippen LogP contribution is 2.42. The Morgan fingerprint density at radius 1 is 1.32 bits per heavy atom. The molecule has 0 aromatic heterocycles. The number of carboxylic acid groups (broad SMARTS) is 1. The van der Waals surface area contributed by atoms with Crippen LogP contribution in [0.3, 0.4) is 0 Å². The van der Waals surface area contributed by atoms with Crippen molar-refractivity contribution >= 4 is 5.97 Å². The first-order valence-electron chi connectivity index (χ1n) is 6.48. The maximum atomic E-state index is 13.2. The summed E-state index contributed by atoms with van der Waals surface area (Å²) in [6, 6.07) is 4.18. The van der Waals surface area contributed by atoms with E-state index >= 15 is 0 Å². The van der Waals surface area contributed by atoms with E-state index in [2.05, 4.69) is 4.90 Å². The molecular formula is C14H15F2NO2. The maximum Gasteiger partial charge on any atom is 0.308 e. The minimum atomic E-state index is -0.850. The number of carboxylic acids is 1. The van der Waals surface area contributed by atoms with Crippen LogP contribution in [0.2, 0.25) is 0 Å². The molecule has 2 aliphatic rings. The normalized spacial score (nSPS) is 29.9. The quantitative estimate of drug-likeness (QED) is 0.914. The van der Waals surface area contributed by atoms with E-state index in [1.165, 1.54) is 6.07 Å². The maximum absolute atomic E-state index is 13.2. The highest BCUT2D eigenvalue weighted by Gasteiger charge is 2.48. The fourth-order valence-electron chi connectivity index (χ4n) is 3.46. The number of carbonyl (C=O) groups is 1. The van der Waals surface area contributed by atoms with Crippen LogP contribution >= 0.6 is 0 Å². The first kappa shape index (κ1) is 12.5. The van der Waals surface area contributed by atoms with Crippen LogP contribution in [0.15, 0.2) is 18.2 Å². The van der Waals surface area contributed by atoms with Crippen LogP contribution in [0.5, 0.6) is 0 Å². The summed E-state index contributed by atoms with van der Waals surface area (Å²) in [5.41, 5.74) is 0.696. The Labute approximate surface area is 109 Å². The molecule has 0 spiro atoms. The van der Waals surface area contributed by atoms with E-state index in [1.807, 2.05) is 0 Å². The van der Waals surface area contributed by atoms with E-state index in [1.54, 1.807) is 6.07 Å². The molecule has 2 bridgehead atoms. The molecule has 2 fully saturated rings. The van der Waals surface area contributed by atoms with Gasteiger partial charge in [-0.2, -0.15) is 0 Å². The van der Waals surface area contributed by atoms with Gasteiger partial charge in [0.15, 0.2) is 11.6 Å². The number of hydrogen-bond acceptors (Lipinski definition) is 2. The van der Waals surface area contributed by atoms with Gasteiger partial charge in [0.05, 0.1) is 5.92 Å². The molecule has 1 aromatic carbocycles. The van der Waals surface area contributed by atoms with Crippen LogP contribution in [-0.2, 0) is 11.3 Å². The Bertz CT molecular complexity index is 520. The van der Waals surface area contributed by atoms with Crippen molar-refractivity contribution in [2.24, 2.45) is 5.92 Å². The van der Waals surface area contributed by atoms with Crippen molar-refractivity contribution in [3.63, 3.8) is 0 Å². The standard InChI is InChI=1S/C14H15F2NO2/c15-11-3-1-8(5-12(11)16)7-17-9-2-4-13(17)10(6-9)14(18)19/h1,3,5,9-10,13H,2,4,6-7H2,(H,18,19). The van der Waals surface area contributed by atoms with Crippen molar-refractivity contribution in [1.29, 1.82) is 0 Å². The van der Waals surface area contributed by atoms with Crippen LogP contribution < -0.4 is 0 Å². The summed E-state index contributed by atoms with van der Waals surface area (Å²) >= 11 is 0. The number of halogens is 2. The highest BCUT2D eigenvalue weighted by molar-refractivity contribution is 5.71. The number of fused-ring (bicyclic) bond motifs is 2. The van der Waals surface area contributed by atoms with Gasteiger partial charge in [-0.05, 0) is 37.0 Å². The third-order valence-corrected chi connectivity index (χ3v) is 4.35. The fraction of sp³-hybridized carbons (Fsp3) is 0.500. The summed E-state index contributed by atoms with van der Waals surface area (Å²) in [5, 5.41) is 9.16. The first-order valence-corrected chi connectivity index (χ1v) is 6.48. The molecule has 0 saturated carbocycles. The van der Waals surface area contributed by atoms with Gasteiger partial charge in [-0.25, -0.2) is 8.78 Å². The summed E-state index contributed by atoms with van der Waals surface area (Å²) in [5.74, 6) is -2.76. The van der Waals surface area contributed by atoms with Gasteiger partial charge in [0, 0.05) is 18.6 Å². The van der Waals surface area contributed by atoms with Crippen LogP contribution in [0.1, 0.15) is 24.8 Å². The lowest BCUT2D eigenvalue weighted by Gasteiger charge is -2.22. The molecule has 19 heavy (non-hydrogen) atoms. The minimum absolute atomic E-state index is 0.0376. The third kappa shape index (κ3) is 2.12. The topological polar surface area (TPSA) is 40.5 Å². The second-order valence-corrected chi connectivity index (χ2v) is 5.40. The van der Waals surface area contributed by atoms with Crippen molar-refractivity contribution in [3.05, 3.63) is 35.4 Å². The molecule has 0 aliphatic carbocycles. The van der Waals surface area contributed by atoms with Gasteiger partial charge in [-0.3, -0.25) is 9.69 Å². The molecule has 3 atom stereocenters. The fourth-order valence-corrected chi connectivity index (χ4v) is 3.46.